The van der Waals surface area contributed by atoms with E-state index in [9.17, 15) is 9.59 Å². The minimum absolute atomic E-state index is 0.0347. The smallest absolute Gasteiger partial charge is 0.303 e. The summed E-state index contributed by atoms with van der Waals surface area (Å²) in [5, 5.41) is 13.5. The second-order valence-electron chi connectivity index (χ2n) is 5.20. The Labute approximate surface area is 128 Å². The Hall–Kier alpha value is -2.56. The highest BCUT2D eigenvalue weighted by atomic mass is 16.5. The van der Waals surface area contributed by atoms with Crippen molar-refractivity contribution in [2.24, 2.45) is 0 Å². The van der Waals surface area contributed by atoms with Gasteiger partial charge in [0.05, 0.1) is 0 Å². The highest BCUT2D eigenvalue weighted by Gasteiger charge is 2.10. The van der Waals surface area contributed by atoms with Crippen LogP contribution in [0.2, 0.25) is 0 Å². The molecule has 0 fully saturated rings. The highest BCUT2D eigenvalue weighted by Crippen LogP contribution is 2.20. The summed E-state index contributed by atoms with van der Waals surface area (Å²) in [6.45, 7) is 1.69. The molecule has 0 aliphatic carbocycles. The molecule has 1 unspecified atom stereocenters. The van der Waals surface area contributed by atoms with Crippen LogP contribution in [0.1, 0.15) is 19.8 Å². The molecule has 22 heavy (non-hydrogen) atoms. The minimum Gasteiger partial charge on any atom is -0.484 e. The summed E-state index contributed by atoms with van der Waals surface area (Å²) in [7, 11) is 0. The lowest BCUT2D eigenvalue weighted by atomic mass is 10.1. The van der Waals surface area contributed by atoms with Crippen LogP contribution in [0.15, 0.2) is 42.5 Å². The number of ether oxygens (including phenoxy) is 1. The lowest BCUT2D eigenvalue weighted by molar-refractivity contribution is -0.137. The van der Waals surface area contributed by atoms with Gasteiger partial charge in [0, 0.05) is 12.5 Å². The lowest BCUT2D eigenvalue weighted by Crippen LogP contribution is -2.36. The van der Waals surface area contributed by atoms with E-state index in [0.29, 0.717) is 12.2 Å². The van der Waals surface area contributed by atoms with Crippen molar-refractivity contribution in [1.82, 2.24) is 5.32 Å². The van der Waals surface area contributed by atoms with Crippen LogP contribution in [-0.2, 0) is 9.59 Å². The molecular weight excluding hydrogens is 282 g/mol. The van der Waals surface area contributed by atoms with E-state index in [1.807, 2.05) is 42.5 Å². The van der Waals surface area contributed by atoms with Crippen molar-refractivity contribution in [3.05, 3.63) is 42.5 Å². The molecule has 0 saturated carbocycles. The number of carbonyl (C=O) groups is 2. The number of rotatable bonds is 7. The third kappa shape index (κ3) is 4.77. The predicted octanol–water partition coefficient (Wildman–Crippen LogP) is 2.59. The average molecular weight is 301 g/mol. The highest BCUT2D eigenvalue weighted by molar-refractivity contribution is 5.84. The molecule has 2 rings (SSSR count). The van der Waals surface area contributed by atoms with Gasteiger partial charge in [0.1, 0.15) is 5.75 Å². The average Bonchev–Trinajstić information content (AvgIpc) is 2.50. The molecule has 116 valence electrons. The van der Waals surface area contributed by atoms with E-state index in [2.05, 4.69) is 5.32 Å². The Morgan fingerprint density at radius 3 is 2.64 bits per heavy atom. The number of aliphatic carboxylic acids is 1. The second kappa shape index (κ2) is 7.45. The van der Waals surface area contributed by atoms with Gasteiger partial charge in [-0.3, -0.25) is 9.59 Å². The number of carbonyl (C=O) groups excluding carboxylic acids is 1. The zero-order valence-electron chi connectivity index (χ0n) is 12.4. The standard InChI is InChI=1S/C17H19NO4/c1-12(6-9-17(20)21)18-16(19)11-22-15-8-7-13-4-2-3-5-14(13)10-15/h2-5,7-8,10,12H,6,9,11H2,1H3,(H,18,19)(H,20,21). The third-order valence-corrected chi connectivity index (χ3v) is 3.29. The van der Waals surface area contributed by atoms with Crippen molar-refractivity contribution in [2.45, 2.75) is 25.8 Å². The first kappa shape index (κ1) is 15.8. The van der Waals surface area contributed by atoms with Gasteiger partial charge in [-0.15, -0.1) is 0 Å². The van der Waals surface area contributed by atoms with E-state index in [-0.39, 0.29) is 25.0 Å². The molecule has 2 aromatic carbocycles. The topological polar surface area (TPSA) is 75.6 Å². The Kier molecular flexibility index (Phi) is 5.36. The maximum atomic E-state index is 11.8. The van der Waals surface area contributed by atoms with E-state index in [4.69, 9.17) is 9.84 Å². The minimum atomic E-state index is -0.867. The van der Waals surface area contributed by atoms with Gasteiger partial charge < -0.3 is 15.2 Å². The van der Waals surface area contributed by atoms with Crippen LogP contribution in [0.25, 0.3) is 10.8 Å². The van der Waals surface area contributed by atoms with Crippen LogP contribution < -0.4 is 10.1 Å². The SMILES string of the molecule is CC(CCC(=O)O)NC(=O)COc1ccc2ccccc2c1. The van der Waals surface area contributed by atoms with Crippen LogP contribution in [0.5, 0.6) is 5.75 Å². The van der Waals surface area contributed by atoms with Gasteiger partial charge in [0.2, 0.25) is 0 Å². The zero-order chi connectivity index (χ0) is 15.9. The fraction of sp³-hybridized carbons (Fsp3) is 0.294. The summed E-state index contributed by atoms with van der Waals surface area (Å²) in [5.74, 6) is -0.494. The van der Waals surface area contributed by atoms with Gasteiger partial charge in [-0.25, -0.2) is 0 Å². The Balaban J connectivity index is 1.83. The van der Waals surface area contributed by atoms with Crippen molar-refractivity contribution < 1.29 is 19.4 Å². The molecule has 0 spiro atoms. The number of hydrogen-bond acceptors (Lipinski definition) is 3. The van der Waals surface area contributed by atoms with Crippen molar-refractivity contribution >= 4 is 22.6 Å². The monoisotopic (exact) mass is 301 g/mol. The number of nitrogens with one attached hydrogen (secondary N) is 1. The molecule has 5 nitrogen and oxygen atoms in total. The van der Waals surface area contributed by atoms with E-state index >= 15 is 0 Å². The molecule has 1 amide bonds. The van der Waals surface area contributed by atoms with Gasteiger partial charge in [-0.05, 0) is 36.2 Å². The number of hydrogen-bond donors (Lipinski definition) is 2. The van der Waals surface area contributed by atoms with Crippen molar-refractivity contribution in [3.63, 3.8) is 0 Å². The second-order valence-corrected chi connectivity index (χ2v) is 5.20. The Morgan fingerprint density at radius 1 is 1.18 bits per heavy atom. The molecular formula is C17H19NO4. The van der Waals surface area contributed by atoms with Crippen molar-refractivity contribution in [1.29, 1.82) is 0 Å². The first-order valence-corrected chi connectivity index (χ1v) is 7.17. The van der Waals surface area contributed by atoms with Gasteiger partial charge in [-0.1, -0.05) is 30.3 Å². The summed E-state index contributed by atoms with van der Waals surface area (Å²) < 4.78 is 5.47. The van der Waals surface area contributed by atoms with Gasteiger partial charge in [-0.2, -0.15) is 0 Å². The Morgan fingerprint density at radius 2 is 1.91 bits per heavy atom. The molecule has 5 heteroatoms. The first-order chi connectivity index (χ1) is 10.5. The van der Waals surface area contributed by atoms with Gasteiger partial charge in [0.25, 0.3) is 5.91 Å². The number of benzene rings is 2. The van der Waals surface area contributed by atoms with Crippen LogP contribution in [-0.4, -0.2) is 29.6 Å². The first-order valence-electron chi connectivity index (χ1n) is 7.17. The zero-order valence-corrected chi connectivity index (χ0v) is 12.4. The van der Waals surface area contributed by atoms with E-state index < -0.39 is 5.97 Å². The molecule has 0 aliphatic heterocycles. The third-order valence-electron chi connectivity index (χ3n) is 3.29. The summed E-state index contributed by atoms with van der Waals surface area (Å²) >= 11 is 0. The number of carboxylic acid groups (broad SMARTS) is 1. The molecule has 0 heterocycles. The predicted molar refractivity (Wildman–Crippen MR) is 83.9 cm³/mol. The van der Waals surface area contributed by atoms with Crippen molar-refractivity contribution in [2.75, 3.05) is 6.61 Å². The fourth-order valence-corrected chi connectivity index (χ4v) is 2.13. The van der Waals surface area contributed by atoms with Crippen LogP contribution in [0.3, 0.4) is 0 Å². The lowest BCUT2D eigenvalue weighted by Gasteiger charge is -2.13. The number of carboxylic acids is 1. The summed E-state index contributed by atoms with van der Waals surface area (Å²) in [4.78, 5) is 22.2. The fourth-order valence-electron chi connectivity index (χ4n) is 2.13. The Bertz CT molecular complexity index is 669. The number of amides is 1. The molecule has 1 atom stereocenters. The summed E-state index contributed by atoms with van der Waals surface area (Å²) in [6, 6.07) is 13.4. The molecule has 0 bridgehead atoms. The van der Waals surface area contributed by atoms with E-state index in [1.54, 1.807) is 6.92 Å². The normalized spacial score (nSPS) is 11.9. The molecule has 2 aromatic rings. The molecule has 0 aliphatic rings. The summed E-state index contributed by atoms with van der Waals surface area (Å²) in [6.07, 6.45) is 0.435. The number of fused-ring (bicyclic) bond motifs is 1. The molecule has 0 radical (unpaired) electrons. The molecule has 2 N–H and O–H groups in total. The van der Waals surface area contributed by atoms with Gasteiger partial charge in [0.15, 0.2) is 6.61 Å². The van der Waals surface area contributed by atoms with Crippen molar-refractivity contribution in [3.8, 4) is 5.75 Å². The van der Waals surface area contributed by atoms with E-state index in [0.717, 1.165) is 10.8 Å². The maximum absolute atomic E-state index is 11.8. The van der Waals surface area contributed by atoms with Crippen LogP contribution >= 0.6 is 0 Å². The van der Waals surface area contributed by atoms with Crippen LogP contribution in [0, 0.1) is 0 Å². The van der Waals surface area contributed by atoms with Gasteiger partial charge >= 0.3 is 5.97 Å². The van der Waals surface area contributed by atoms with Crippen LogP contribution in [0.4, 0.5) is 0 Å². The summed E-state index contributed by atoms with van der Waals surface area (Å²) in [5.41, 5.74) is 0. The largest absolute Gasteiger partial charge is 0.484 e. The van der Waals surface area contributed by atoms with E-state index in [1.165, 1.54) is 0 Å². The maximum Gasteiger partial charge on any atom is 0.303 e. The quantitative estimate of drug-likeness (QED) is 0.824. The molecule has 0 saturated heterocycles. The molecule has 0 aromatic heterocycles.